The summed E-state index contributed by atoms with van der Waals surface area (Å²) in [6.45, 7) is 0. The third-order valence-corrected chi connectivity index (χ3v) is 2.15. The Morgan fingerprint density at radius 1 is 1.25 bits per heavy atom. The molecular formula is C9H8F3N3O. The highest BCUT2D eigenvalue weighted by atomic mass is 19.4. The van der Waals surface area contributed by atoms with Crippen LogP contribution in [-0.4, -0.2) is 21.6 Å². The highest BCUT2D eigenvalue weighted by Gasteiger charge is 2.33. The second kappa shape index (κ2) is 3.36. The molecule has 2 aromatic rings. The Hall–Kier alpha value is -1.79. The van der Waals surface area contributed by atoms with Gasteiger partial charge in [0.05, 0.1) is 7.11 Å². The number of pyridine rings is 1. The van der Waals surface area contributed by atoms with Gasteiger partial charge in [-0.25, -0.2) is 4.98 Å². The third kappa shape index (κ3) is 1.58. The average Bonchev–Trinajstić information content (AvgIpc) is 2.54. The molecule has 16 heavy (non-hydrogen) atoms. The lowest BCUT2D eigenvalue weighted by molar-refractivity contribution is -0.141. The van der Waals surface area contributed by atoms with Gasteiger partial charge in [0.15, 0.2) is 5.65 Å². The van der Waals surface area contributed by atoms with Gasteiger partial charge in [0.1, 0.15) is 11.2 Å². The minimum Gasteiger partial charge on any atom is -0.468 e. The molecule has 0 atom stereocenters. The summed E-state index contributed by atoms with van der Waals surface area (Å²) in [5, 5.41) is 0. The molecular weight excluding hydrogens is 223 g/mol. The lowest BCUT2D eigenvalue weighted by Crippen LogP contribution is -2.08. The average molecular weight is 231 g/mol. The molecule has 0 fully saturated rings. The smallest absolute Gasteiger partial charge is 0.433 e. The summed E-state index contributed by atoms with van der Waals surface area (Å²) in [6.07, 6.45) is -4.45. The Balaban J connectivity index is 2.66. The molecule has 4 nitrogen and oxygen atoms in total. The second-order valence-electron chi connectivity index (χ2n) is 3.19. The second-order valence-corrected chi connectivity index (χ2v) is 3.19. The largest absolute Gasteiger partial charge is 0.468 e. The quantitative estimate of drug-likeness (QED) is 0.753. The maximum Gasteiger partial charge on any atom is 0.433 e. The van der Waals surface area contributed by atoms with Crippen LogP contribution < -0.4 is 4.74 Å². The molecule has 0 unspecified atom stereocenters. The van der Waals surface area contributed by atoms with Gasteiger partial charge in [-0.2, -0.15) is 18.2 Å². The van der Waals surface area contributed by atoms with Gasteiger partial charge in [-0.15, -0.1) is 0 Å². The number of alkyl halides is 3. The molecule has 0 aliphatic rings. The number of halogens is 3. The monoisotopic (exact) mass is 231 g/mol. The third-order valence-electron chi connectivity index (χ3n) is 2.15. The van der Waals surface area contributed by atoms with Gasteiger partial charge in [-0.1, -0.05) is 0 Å². The number of ether oxygens (including phenoxy) is 1. The van der Waals surface area contributed by atoms with E-state index in [0.717, 1.165) is 6.07 Å². The zero-order valence-corrected chi connectivity index (χ0v) is 8.54. The van der Waals surface area contributed by atoms with Crippen molar-refractivity contribution in [2.24, 2.45) is 7.05 Å². The molecule has 0 radical (unpaired) electrons. The minimum absolute atomic E-state index is 0.145. The zero-order chi connectivity index (χ0) is 11.9. The number of imidazole rings is 1. The van der Waals surface area contributed by atoms with E-state index in [1.807, 2.05) is 0 Å². The van der Waals surface area contributed by atoms with E-state index in [-0.39, 0.29) is 11.7 Å². The van der Waals surface area contributed by atoms with Crippen molar-refractivity contribution in [3.63, 3.8) is 0 Å². The van der Waals surface area contributed by atoms with Crippen LogP contribution in [0.5, 0.6) is 6.01 Å². The van der Waals surface area contributed by atoms with Crippen LogP contribution in [0.3, 0.4) is 0 Å². The van der Waals surface area contributed by atoms with Gasteiger partial charge in [0.25, 0.3) is 6.01 Å². The topological polar surface area (TPSA) is 39.9 Å². The number of aromatic nitrogens is 3. The molecule has 2 rings (SSSR count). The van der Waals surface area contributed by atoms with Crippen molar-refractivity contribution < 1.29 is 17.9 Å². The van der Waals surface area contributed by atoms with E-state index in [4.69, 9.17) is 4.74 Å². The Morgan fingerprint density at radius 3 is 2.50 bits per heavy atom. The molecule has 0 aliphatic carbocycles. The van der Waals surface area contributed by atoms with Crippen LogP contribution in [-0.2, 0) is 13.2 Å². The molecule has 7 heteroatoms. The van der Waals surface area contributed by atoms with E-state index in [1.165, 1.54) is 17.7 Å². The molecule has 0 saturated heterocycles. The first-order valence-electron chi connectivity index (χ1n) is 4.38. The lowest BCUT2D eigenvalue weighted by Gasteiger charge is -2.05. The highest BCUT2D eigenvalue weighted by molar-refractivity contribution is 5.72. The molecule has 0 N–H and O–H groups in total. The van der Waals surface area contributed by atoms with Crippen molar-refractivity contribution in [3.8, 4) is 6.01 Å². The predicted molar refractivity (Wildman–Crippen MR) is 50.1 cm³/mol. The van der Waals surface area contributed by atoms with Crippen LogP contribution in [0.15, 0.2) is 12.1 Å². The summed E-state index contributed by atoms with van der Waals surface area (Å²) in [4.78, 5) is 7.47. The van der Waals surface area contributed by atoms with Gasteiger partial charge in [0.2, 0.25) is 0 Å². The fourth-order valence-corrected chi connectivity index (χ4v) is 1.38. The number of hydrogen-bond acceptors (Lipinski definition) is 3. The van der Waals surface area contributed by atoms with Gasteiger partial charge in [0, 0.05) is 7.05 Å². The van der Waals surface area contributed by atoms with Crippen molar-refractivity contribution in [3.05, 3.63) is 17.8 Å². The van der Waals surface area contributed by atoms with E-state index in [1.54, 1.807) is 7.05 Å². The van der Waals surface area contributed by atoms with Crippen LogP contribution in [0.2, 0.25) is 0 Å². The summed E-state index contributed by atoms with van der Waals surface area (Å²) in [5.41, 5.74) is -0.426. The number of nitrogens with zero attached hydrogens (tertiary/aromatic N) is 3. The van der Waals surface area contributed by atoms with Crippen LogP contribution in [0, 0.1) is 0 Å². The van der Waals surface area contributed by atoms with Gasteiger partial charge in [-0.05, 0) is 12.1 Å². The first-order valence-corrected chi connectivity index (χ1v) is 4.38. The summed E-state index contributed by atoms with van der Waals surface area (Å²) in [6, 6.07) is 2.39. The molecule has 0 aliphatic heterocycles. The first kappa shape index (κ1) is 10.7. The highest BCUT2D eigenvalue weighted by Crippen LogP contribution is 2.29. The van der Waals surface area contributed by atoms with Gasteiger partial charge >= 0.3 is 6.18 Å². The zero-order valence-electron chi connectivity index (χ0n) is 8.54. The Labute approximate surface area is 88.7 Å². The van der Waals surface area contributed by atoms with E-state index in [2.05, 4.69) is 9.97 Å². The van der Waals surface area contributed by atoms with Crippen molar-refractivity contribution in [2.75, 3.05) is 7.11 Å². The molecule has 0 bridgehead atoms. The summed E-state index contributed by atoms with van der Waals surface area (Å²) in [7, 11) is 2.94. The Kier molecular flexibility index (Phi) is 2.25. The SMILES string of the molecule is COc1nc2ccc(C(F)(F)F)nc2n1C. The summed E-state index contributed by atoms with van der Waals surface area (Å²) in [5.74, 6) is 0. The Bertz CT molecular complexity index is 533. The van der Waals surface area contributed by atoms with Crippen LogP contribution in [0.4, 0.5) is 13.2 Å². The molecule has 0 saturated carbocycles. The maximum absolute atomic E-state index is 12.4. The molecule has 0 amide bonds. The molecule has 86 valence electrons. The fraction of sp³-hybridized carbons (Fsp3) is 0.333. The predicted octanol–water partition coefficient (Wildman–Crippen LogP) is 2.00. The van der Waals surface area contributed by atoms with E-state index < -0.39 is 11.9 Å². The standard InChI is InChI=1S/C9H8F3N3O/c1-15-7-5(13-8(15)16-2)3-4-6(14-7)9(10,11)12/h3-4H,1-2H3. The van der Waals surface area contributed by atoms with Gasteiger partial charge < -0.3 is 4.74 Å². The number of hydrogen-bond donors (Lipinski definition) is 0. The Morgan fingerprint density at radius 2 is 1.94 bits per heavy atom. The number of rotatable bonds is 1. The number of aryl methyl sites for hydroxylation is 1. The molecule has 2 aromatic heterocycles. The molecule has 0 spiro atoms. The van der Waals surface area contributed by atoms with E-state index >= 15 is 0 Å². The van der Waals surface area contributed by atoms with Crippen LogP contribution in [0.1, 0.15) is 5.69 Å². The first-order chi connectivity index (χ1) is 7.43. The van der Waals surface area contributed by atoms with Crippen molar-refractivity contribution in [1.29, 1.82) is 0 Å². The van der Waals surface area contributed by atoms with Crippen LogP contribution >= 0.6 is 0 Å². The van der Waals surface area contributed by atoms with E-state index in [9.17, 15) is 13.2 Å². The maximum atomic E-state index is 12.4. The van der Waals surface area contributed by atoms with Crippen molar-refractivity contribution in [2.45, 2.75) is 6.18 Å². The van der Waals surface area contributed by atoms with Crippen molar-refractivity contribution in [1.82, 2.24) is 14.5 Å². The summed E-state index contributed by atoms with van der Waals surface area (Å²) < 4.78 is 43.5. The lowest BCUT2D eigenvalue weighted by atomic mass is 10.3. The number of methoxy groups -OCH3 is 1. The molecule has 2 heterocycles. The van der Waals surface area contributed by atoms with Crippen molar-refractivity contribution >= 4 is 11.2 Å². The van der Waals surface area contributed by atoms with Crippen LogP contribution in [0.25, 0.3) is 11.2 Å². The normalized spacial score (nSPS) is 12.1. The summed E-state index contributed by atoms with van der Waals surface area (Å²) >= 11 is 0. The number of fused-ring (bicyclic) bond motifs is 1. The molecule has 0 aromatic carbocycles. The minimum atomic E-state index is -4.45. The fourth-order valence-electron chi connectivity index (χ4n) is 1.38. The van der Waals surface area contributed by atoms with Gasteiger partial charge in [-0.3, -0.25) is 4.57 Å². The van der Waals surface area contributed by atoms with E-state index in [0.29, 0.717) is 5.52 Å².